The lowest BCUT2D eigenvalue weighted by atomic mass is 10.1. The molecule has 2 N–H and O–H groups in total. The zero-order valence-corrected chi connectivity index (χ0v) is 13.0. The van der Waals surface area contributed by atoms with Gasteiger partial charge in [0.1, 0.15) is 10.6 Å². The van der Waals surface area contributed by atoms with Gasteiger partial charge in [0.15, 0.2) is 0 Å². The number of hydrogen-bond acceptors (Lipinski definition) is 4. The lowest BCUT2D eigenvalue weighted by Crippen LogP contribution is -2.22. The third-order valence-electron chi connectivity index (χ3n) is 3.60. The highest BCUT2D eigenvalue weighted by Gasteiger charge is 2.16. The minimum Gasteiger partial charge on any atom is -0.495 e. The monoisotopic (exact) mass is 302 g/mol. The number of thiophene rings is 1. The minimum atomic E-state index is -0.0800. The second-order valence-corrected chi connectivity index (χ2v) is 6.40. The molecule has 2 heterocycles. The first kappa shape index (κ1) is 14.1. The summed E-state index contributed by atoms with van der Waals surface area (Å²) in [7, 11) is 1.59. The van der Waals surface area contributed by atoms with E-state index in [9.17, 15) is 4.79 Å². The van der Waals surface area contributed by atoms with Crippen molar-refractivity contribution < 1.29 is 9.53 Å². The summed E-state index contributed by atoms with van der Waals surface area (Å²) in [6.45, 7) is 4.35. The fraction of sp³-hybridized carbons (Fsp3) is 0.312. The standard InChI is InChI=1S/C16H18N2O2S/c1-10-5-14(20-2)15(21-10)16(19)18-7-11-3-4-12-8-17-9-13(12)6-11/h3-6,17H,7-9H2,1-2H3,(H,18,19). The number of carbonyl (C=O) groups excluding carboxylic acids is 1. The van der Waals surface area contributed by atoms with Gasteiger partial charge < -0.3 is 15.4 Å². The maximum Gasteiger partial charge on any atom is 0.265 e. The molecule has 0 bridgehead atoms. The van der Waals surface area contributed by atoms with E-state index in [0.29, 0.717) is 17.2 Å². The Labute approximate surface area is 128 Å². The number of carbonyl (C=O) groups is 1. The average Bonchev–Trinajstić information content (AvgIpc) is 3.09. The summed E-state index contributed by atoms with van der Waals surface area (Å²) >= 11 is 1.46. The molecule has 0 saturated heterocycles. The molecule has 0 fully saturated rings. The number of ether oxygens (including phenoxy) is 1. The zero-order chi connectivity index (χ0) is 14.8. The van der Waals surface area contributed by atoms with Crippen LogP contribution in [0.1, 0.15) is 31.2 Å². The van der Waals surface area contributed by atoms with Crippen LogP contribution >= 0.6 is 11.3 Å². The van der Waals surface area contributed by atoms with E-state index in [1.54, 1.807) is 7.11 Å². The molecule has 2 aromatic rings. The van der Waals surface area contributed by atoms with Gasteiger partial charge in [0.2, 0.25) is 0 Å². The number of hydrogen-bond donors (Lipinski definition) is 2. The zero-order valence-electron chi connectivity index (χ0n) is 12.2. The number of nitrogens with one attached hydrogen (secondary N) is 2. The first-order valence-electron chi connectivity index (χ1n) is 6.91. The molecular formula is C16H18N2O2S. The molecule has 1 aromatic carbocycles. The number of amides is 1. The molecular weight excluding hydrogens is 284 g/mol. The summed E-state index contributed by atoms with van der Waals surface area (Å²) in [4.78, 5) is 14.0. The lowest BCUT2D eigenvalue weighted by Gasteiger charge is -2.07. The minimum absolute atomic E-state index is 0.0800. The number of benzene rings is 1. The Morgan fingerprint density at radius 3 is 2.95 bits per heavy atom. The second kappa shape index (κ2) is 5.87. The van der Waals surface area contributed by atoms with Gasteiger partial charge in [0.05, 0.1) is 7.11 Å². The first-order chi connectivity index (χ1) is 10.2. The van der Waals surface area contributed by atoms with E-state index >= 15 is 0 Å². The van der Waals surface area contributed by atoms with Crippen molar-refractivity contribution >= 4 is 17.2 Å². The van der Waals surface area contributed by atoms with E-state index in [4.69, 9.17) is 4.74 Å². The van der Waals surface area contributed by atoms with Gasteiger partial charge in [-0.15, -0.1) is 11.3 Å². The normalized spacial score (nSPS) is 13.0. The second-order valence-electron chi connectivity index (χ2n) is 5.14. The van der Waals surface area contributed by atoms with Gasteiger partial charge in [0, 0.05) is 24.5 Å². The van der Waals surface area contributed by atoms with Crippen molar-refractivity contribution in [3.63, 3.8) is 0 Å². The Hall–Kier alpha value is -1.85. The van der Waals surface area contributed by atoms with Crippen LogP contribution in [0.3, 0.4) is 0 Å². The van der Waals surface area contributed by atoms with Gasteiger partial charge in [-0.2, -0.15) is 0 Å². The molecule has 0 atom stereocenters. The van der Waals surface area contributed by atoms with Crippen molar-refractivity contribution in [2.24, 2.45) is 0 Å². The molecule has 4 nitrogen and oxygen atoms in total. The van der Waals surface area contributed by atoms with Gasteiger partial charge in [-0.25, -0.2) is 0 Å². The molecule has 1 aromatic heterocycles. The average molecular weight is 302 g/mol. The number of aryl methyl sites for hydroxylation is 1. The van der Waals surface area contributed by atoms with Gasteiger partial charge in [-0.05, 0) is 29.7 Å². The van der Waals surface area contributed by atoms with Crippen LogP contribution in [0.2, 0.25) is 0 Å². The molecule has 110 valence electrons. The smallest absolute Gasteiger partial charge is 0.265 e. The van der Waals surface area contributed by atoms with Crippen molar-refractivity contribution in [2.75, 3.05) is 7.11 Å². The van der Waals surface area contributed by atoms with E-state index in [0.717, 1.165) is 23.5 Å². The number of rotatable bonds is 4. The molecule has 1 amide bonds. The van der Waals surface area contributed by atoms with Crippen molar-refractivity contribution in [3.8, 4) is 5.75 Å². The molecule has 3 rings (SSSR count). The molecule has 0 aliphatic carbocycles. The van der Waals surface area contributed by atoms with Gasteiger partial charge in [-0.3, -0.25) is 4.79 Å². The molecule has 5 heteroatoms. The maximum absolute atomic E-state index is 12.3. The van der Waals surface area contributed by atoms with E-state index in [1.165, 1.54) is 22.5 Å². The number of fused-ring (bicyclic) bond motifs is 1. The summed E-state index contributed by atoms with van der Waals surface area (Å²) in [5, 5.41) is 6.29. The molecule has 0 spiro atoms. The highest BCUT2D eigenvalue weighted by Crippen LogP contribution is 2.28. The van der Waals surface area contributed by atoms with Crippen LogP contribution in [0.15, 0.2) is 24.3 Å². The van der Waals surface area contributed by atoms with Gasteiger partial charge in [0.25, 0.3) is 5.91 Å². The largest absolute Gasteiger partial charge is 0.495 e. The molecule has 0 unspecified atom stereocenters. The van der Waals surface area contributed by atoms with E-state index in [-0.39, 0.29) is 5.91 Å². The Kier molecular flexibility index (Phi) is 3.94. The van der Waals surface area contributed by atoms with E-state index in [2.05, 4.69) is 28.8 Å². The van der Waals surface area contributed by atoms with Crippen molar-refractivity contribution in [1.29, 1.82) is 0 Å². The van der Waals surface area contributed by atoms with E-state index < -0.39 is 0 Å². The Bertz CT molecular complexity index is 679. The SMILES string of the molecule is COc1cc(C)sc1C(=O)NCc1ccc2c(c1)CNC2. The Morgan fingerprint density at radius 2 is 2.14 bits per heavy atom. The molecule has 1 aliphatic heterocycles. The summed E-state index contributed by atoms with van der Waals surface area (Å²) < 4.78 is 5.24. The predicted molar refractivity (Wildman–Crippen MR) is 83.8 cm³/mol. The van der Waals surface area contributed by atoms with E-state index in [1.807, 2.05) is 13.0 Å². The fourth-order valence-electron chi connectivity index (χ4n) is 2.52. The predicted octanol–water partition coefficient (Wildman–Crippen LogP) is 2.60. The van der Waals surface area contributed by atoms with Crippen LogP contribution in [-0.4, -0.2) is 13.0 Å². The van der Waals surface area contributed by atoms with Crippen molar-refractivity contribution in [1.82, 2.24) is 10.6 Å². The first-order valence-corrected chi connectivity index (χ1v) is 7.73. The van der Waals surface area contributed by atoms with Gasteiger partial charge >= 0.3 is 0 Å². The maximum atomic E-state index is 12.3. The molecule has 0 radical (unpaired) electrons. The Morgan fingerprint density at radius 1 is 1.33 bits per heavy atom. The van der Waals surface area contributed by atoms with Crippen LogP contribution in [0.5, 0.6) is 5.75 Å². The Balaban J connectivity index is 1.68. The lowest BCUT2D eigenvalue weighted by molar-refractivity contribution is 0.0952. The third-order valence-corrected chi connectivity index (χ3v) is 4.63. The summed E-state index contributed by atoms with van der Waals surface area (Å²) in [6.07, 6.45) is 0. The van der Waals surface area contributed by atoms with Crippen molar-refractivity contribution in [3.05, 3.63) is 50.7 Å². The van der Waals surface area contributed by atoms with Crippen LogP contribution in [0.25, 0.3) is 0 Å². The third kappa shape index (κ3) is 2.94. The number of methoxy groups -OCH3 is 1. The van der Waals surface area contributed by atoms with Gasteiger partial charge in [-0.1, -0.05) is 18.2 Å². The van der Waals surface area contributed by atoms with Crippen molar-refractivity contribution in [2.45, 2.75) is 26.6 Å². The van der Waals surface area contributed by atoms with Crippen LogP contribution in [-0.2, 0) is 19.6 Å². The highest BCUT2D eigenvalue weighted by molar-refractivity contribution is 7.14. The summed E-state index contributed by atoms with van der Waals surface area (Å²) in [5.74, 6) is 0.566. The topological polar surface area (TPSA) is 50.4 Å². The van der Waals surface area contributed by atoms with Crippen LogP contribution in [0.4, 0.5) is 0 Å². The van der Waals surface area contributed by atoms with Crippen LogP contribution in [0, 0.1) is 6.92 Å². The fourth-order valence-corrected chi connectivity index (χ4v) is 3.42. The molecule has 21 heavy (non-hydrogen) atoms. The highest BCUT2D eigenvalue weighted by atomic mass is 32.1. The summed E-state index contributed by atoms with van der Waals surface area (Å²) in [5.41, 5.74) is 3.80. The van der Waals surface area contributed by atoms with Crippen LogP contribution < -0.4 is 15.4 Å². The molecule has 1 aliphatic rings. The quantitative estimate of drug-likeness (QED) is 0.913. The molecule has 0 saturated carbocycles. The summed E-state index contributed by atoms with van der Waals surface area (Å²) in [6, 6.07) is 8.25.